The second kappa shape index (κ2) is 5.00. The summed E-state index contributed by atoms with van der Waals surface area (Å²) in [6.45, 7) is 4.25. The van der Waals surface area contributed by atoms with Crippen molar-refractivity contribution in [2.75, 3.05) is 0 Å². The second-order valence-corrected chi connectivity index (χ2v) is 3.44. The van der Waals surface area contributed by atoms with Gasteiger partial charge in [0, 0.05) is 0 Å². The Labute approximate surface area is 79.8 Å². The quantitative estimate of drug-likeness (QED) is 0.570. The van der Waals surface area contributed by atoms with Gasteiger partial charge in [0.2, 0.25) is 0 Å². The molecule has 0 atom stereocenters. The summed E-state index contributed by atoms with van der Waals surface area (Å²) in [7, 11) is 0. The lowest BCUT2D eigenvalue weighted by Gasteiger charge is -1.97. The van der Waals surface area contributed by atoms with Crippen LogP contribution in [0.4, 0.5) is 4.39 Å². The zero-order valence-electron chi connectivity index (χ0n) is 8.44. The van der Waals surface area contributed by atoms with E-state index in [2.05, 4.69) is 13.8 Å². The van der Waals surface area contributed by atoms with Crippen molar-refractivity contribution in [3.63, 3.8) is 0 Å². The fraction of sp³-hybridized carbons (Fsp3) is 0.500. The fourth-order valence-electron chi connectivity index (χ4n) is 1.57. The third-order valence-corrected chi connectivity index (χ3v) is 2.09. The van der Waals surface area contributed by atoms with E-state index in [0.29, 0.717) is 0 Å². The average Bonchev–Trinajstić information content (AvgIpc) is 2.54. The van der Waals surface area contributed by atoms with Crippen LogP contribution < -0.4 is 0 Å². The van der Waals surface area contributed by atoms with Crippen molar-refractivity contribution in [3.8, 4) is 0 Å². The maximum Gasteiger partial charge on any atom is 0.126 e. The topological polar surface area (TPSA) is 0 Å². The van der Waals surface area contributed by atoms with Crippen LogP contribution in [0.2, 0.25) is 0 Å². The van der Waals surface area contributed by atoms with Gasteiger partial charge in [-0.2, -0.15) is 0 Å². The van der Waals surface area contributed by atoms with Crippen LogP contribution in [0.15, 0.2) is 18.2 Å². The fourth-order valence-corrected chi connectivity index (χ4v) is 1.57. The third-order valence-electron chi connectivity index (χ3n) is 2.09. The summed E-state index contributed by atoms with van der Waals surface area (Å²) in [6, 6.07) is 5.36. The van der Waals surface area contributed by atoms with E-state index >= 15 is 0 Å². The Morgan fingerprint density at radius 3 is 2.54 bits per heavy atom. The first kappa shape index (κ1) is 10.2. The Kier molecular flexibility index (Phi) is 3.94. The van der Waals surface area contributed by atoms with Gasteiger partial charge in [0.05, 0.1) is 0 Å². The number of benzene rings is 1. The van der Waals surface area contributed by atoms with Gasteiger partial charge in [-0.3, -0.25) is 0 Å². The van der Waals surface area contributed by atoms with Gasteiger partial charge in [-0.25, -0.2) is 4.39 Å². The lowest BCUT2D eigenvalue weighted by Crippen LogP contribution is -1.85. The van der Waals surface area contributed by atoms with Crippen molar-refractivity contribution in [1.29, 1.82) is 0 Å². The highest BCUT2D eigenvalue weighted by Crippen LogP contribution is 2.23. The van der Waals surface area contributed by atoms with Crippen molar-refractivity contribution < 1.29 is 4.39 Å². The van der Waals surface area contributed by atoms with Crippen molar-refractivity contribution in [1.82, 2.24) is 0 Å². The molecule has 1 aliphatic carbocycles. The van der Waals surface area contributed by atoms with E-state index in [1.807, 2.05) is 6.07 Å². The van der Waals surface area contributed by atoms with Crippen molar-refractivity contribution in [2.45, 2.75) is 39.5 Å². The van der Waals surface area contributed by atoms with Crippen molar-refractivity contribution in [3.05, 3.63) is 35.1 Å². The Bertz CT molecular complexity index is 266. The van der Waals surface area contributed by atoms with Gasteiger partial charge in [0.25, 0.3) is 0 Å². The maximum atomic E-state index is 12.9. The molecule has 0 saturated carbocycles. The molecule has 0 heterocycles. The lowest BCUT2D eigenvalue weighted by atomic mass is 10.1. The van der Waals surface area contributed by atoms with Crippen LogP contribution >= 0.6 is 0 Å². The molecule has 0 radical (unpaired) electrons. The zero-order chi connectivity index (χ0) is 9.68. The molecule has 2 rings (SSSR count). The lowest BCUT2D eigenvalue weighted by molar-refractivity contribution is 0.613. The first-order valence-electron chi connectivity index (χ1n) is 5.05. The number of aryl methyl sites for hydroxylation is 1. The number of halogens is 1. The van der Waals surface area contributed by atoms with Gasteiger partial charge in [-0.1, -0.05) is 32.4 Å². The van der Waals surface area contributed by atoms with Crippen molar-refractivity contribution >= 4 is 0 Å². The summed E-state index contributed by atoms with van der Waals surface area (Å²) in [5.41, 5.74) is 2.16. The van der Waals surface area contributed by atoms with E-state index in [9.17, 15) is 4.39 Å². The van der Waals surface area contributed by atoms with Gasteiger partial charge in [0.15, 0.2) is 0 Å². The molecule has 1 aromatic rings. The van der Waals surface area contributed by atoms with Gasteiger partial charge in [-0.15, -0.1) is 0 Å². The molecule has 0 bridgehead atoms. The van der Waals surface area contributed by atoms with E-state index in [0.717, 1.165) is 24.8 Å². The van der Waals surface area contributed by atoms with Gasteiger partial charge >= 0.3 is 0 Å². The summed E-state index contributed by atoms with van der Waals surface area (Å²) in [5, 5.41) is 0. The first-order chi connectivity index (χ1) is 6.29. The molecule has 0 unspecified atom stereocenters. The van der Waals surface area contributed by atoms with Crippen molar-refractivity contribution in [2.24, 2.45) is 0 Å². The summed E-state index contributed by atoms with van der Waals surface area (Å²) in [4.78, 5) is 0. The van der Waals surface area contributed by atoms with E-state index in [4.69, 9.17) is 0 Å². The molecular weight excluding hydrogens is 163 g/mol. The minimum absolute atomic E-state index is 0.0185. The summed E-state index contributed by atoms with van der Waals surface area (Å²) in [6.07, 6.45) is 4.37. The SMILES string of the molecule is CCC.Fc1cccc2c1CCC2. The summed E-state index contributed by atoms with van der Waals surface area (Å²) < 4.78 is 12.9. The molecule has 1 aliphatic rings. The Hall–Kier alpha value is -0.850. The predicted molar refractivity (Wildman–Crippen MR) is 54.4 cm³/mol. The van der Waals surface area contributed by atoms with Gasteiger partial charge in [0.1, 0.15) is 5.82 Å². The maximum absolute atomic E-state index is 12.9. The summed E-state index contributed by atoms with van der Waals surface area (Å²) >= 11 is 0. The molecule has 1 aromatic carbocycles. The normalized spacial score (nSPS) is 13.2. The standard InChI is InChI=1S/C9H9F.C3H8/c10-9-6-2-4-7-3-1-5-8(7)9;1-3-2/h2,4,6H,1,3,5H2;3H2,1-2H3. The smallest absolute Gasteiger partial charge is 0.126 e. The molecular formula is C12H17F. The van der Waals surface area contributed by atoms with Crippen LogP contribution in [0.25, 0.3) is 0 Å². The van der Waals surface area contributed by atoms with Crippen LogP contribution in [0.1, 0.15) is 37.8 Å². The molecule has 0 fully saturated rings. The number of rotatable bonds is 0. The molecule has 0 aromatic heterocycles. The molecule has 13 heavy (non-hydrogen) atoms. The molecule has 0 N–H and O–H groups in total. The highest BCUT2D eigenvalue weighted by molar-refractivity contribution is 5.32. The number of hydrogen-bond donors (Lipinski definition) is 0. The number of fused-ring (bicyclic) bond motifs is 1. The molecule has 1 heteroatoms. The van der Waals surface area contributed by atoms with E-state index in [1.54, 1.807) is 12.1 Å². The Morgan fingerprint density at radius 1 is 1.23 bits per heavy atom. The molecule has 0 nitrogen and oxygen atoms in total. The highest BCUT2D eigenvalue weighted by Gasteiger charge is 2.13. The average molecular weight is 180 g/mol. The van der Waals surface area contributed by atoms with Crippen LogP contribution in [-0.2, 0) is 12.8 Å². The predicted octanol–water partition coefficient (Wildman–Crippen LogP) is 3.73. The molecule has 0 saturated heterocycles. The summed E-state index contributed by atoms with van der Waals surface area (Å²) in [5.74, 6) is -0.0185. The minimum Gasteiger partial charge on any atom is -0.207 e. The zero-order valence-corrected chi connectivity index (χ0v) is 8.44. The Morgan fingerprint density at radius 2 is 1.92 bits per heavy atom. The molecule has 72 valence electrons. The van der Waals surface area contributed by atoms with E-state index in [1.165, 1.54) is 12.0 Å². The Balaban J connectivity index is 0.000000251. The van der Waals surface area contributed by atoms with E-state index < -0.39 is 0 Å². The molecule has 0 amide bonds. The van der Waals surface area contributed by atoms with Crippen LogP contribution in [-0.4, -0.2) is 0 Å². The minimum atomic E-state index is -0.0185. The number of hydrogen-bond acceptors (Lipinski definition) is 0. The van der Waals surface area contributed by atoms with Crippen LogP contribution in [0.5, 0.6) is 0 Å². The largest absolute Gasteiger partial charge is 0.207 e. The molecule has 0 spiro atoms. The highest BCUT2D eigenvalue weighted by atomic mass is 19.1. The second-order valence-electron chi connectivity index (χ2n) is 3.44. The van der Waals surface area contributed by atoms with Crippen LogP contribution in [0, 0.1) is 5.82 Å². The monoisotopic (exact) mass is 180 g/mol. The molecule has 0 aliphatic heterocycles. The third kappa shape index (κ3) is 2.55. The van der Waals surface area contributed by atoms with E-state index in [-0.39, 0.29) is 5.82 Å². The van der Waals surface area contributed by atoms with Gasteiger partial charge in [-0.05, 0) is 36.5 Å². The van der Waals surface area contributed by atoms with Crippen LogP contribution in [0.3, 0.4) is 0 Å². The van der Waals surface area contributed by atoms with Gasteiger partial charge < -0.3 is 0 Å². The first-order valence-corrected chi connectivity index (χ1v) is 5.05.